The third-order valence-electron chi connectivity index (χ3n) is 2.50. The van der Waals surface area contributed by atoms with Gasteiger partial charge >= 0.3 is 0 Å². The molecule has 0 saturated heterocycles. The van der Waals surface area contributed by atoms with Gasteiger partial charge in [0.15, 0.2) is 0 Å². The molecule has 3 N–H and O–H groups in total. The fourth-order valence-electron chi connectivity index (χ4n) is 1.68. The molecule has 6 heteroatoms. The molecule has 0 aliphatic heterocycles. The SMILES string of the molecule is CCc1nn(C)cc1Nc1cccc(C(N)=S)n1. The van der Waals surface area contributed by atoms with Crippen LogP contribution in [-0.4, -0.2) is 19.8 Å². The summed E-state index contributed by atoms with van der Waals surface area (Å²) in [6, 6.07) is 5.53. The molecule has 0 radical (unpaired) electrons. The minimum atomic E-state index is 0.292. The summed E-state index contributed by atoms with van der Waals surface area (Å²) in [7, 11) is 1.89. The maximum Gasteiger partial charge on any atom is 0.131 e. The Hall–Kier alpha value is -1.95. The minimum Gasteiger partial charge on any atom is -0.388 e. The molecule has 18 heavy (non-hydrogen) atoms. The first-order valence-corrected chi connectivity index (χ1v) is 6.07. The summed E-state index contributed by atoms with van der Waals surface area (Å²) >= 11 is 4.91. The van der Waals surface area contributed by atoms with Crippen molar-refractivity contribution < 1.29 is 0 Å². The van der Waals surface area contributed by atoms with E-state index in [0.29, 0.717) is 16.5 Å². The van der Waals surface area contributed by atoms with E-state index in [4.69, 9.17) is 18.0 Å². The number of nitrogens with one attached hydrogen (secondary N) is 1. The van der Waals surface area contributed by atoms with Crippen LogP contribution in [0.2, 0.25) is 0 Å². The summed E-state index contributed by atoms with van der Waals surface area (Å²) in [4.78, 5) is 4.63. The summed E-state index contributed by atoms with van der Waals surface area (Å²) in [6.45, 7) is 2.06. The van der Waals surface area contributed by atoms with Crippen LogP contribution in [0.4, 0.5) is 11.5 Å². The largest absolute Gasteiger partial charge is 0.388 e. The normalized spacial score (nSPS) is 10.3. The number of pyridine rings is 1. The van der Waals surface area contributed by atoms with E-state index >= 15 is 0 Å². The van der Waals surface area contributed by atoms with Crippen molar-refractivity contribution in [3.05, 3.63) is 35.8 Å². The molecular formula is C12H15N5S. The molecular weight excluding hydrogens is 246 g/mol. The number of rotatable bonds is 4. The number of hydrogen-bond donors (Lipinski definition) is 2. The van der Waals surface area contributed by atoms with Crippen molar-refractivity contribution in [1.82, 2.24) is 14.8 Å². The molecule has 2 rings (SSSR count). The van der Waals surface area contributed by atoms with Crippen LogP contribution < -0.4 is 11.1 Å². The lowest BCUT2D eigenvalue weighted by Gasteiger charge is -2.06. The first-order chi connectivity index (χ1) is 8.60. The highest BCUT2D eigenvalue weighted by Crippen LogP contribution is 2.18. The molecule has 2 heterocycles. The van der Waals surface area contributed by atoms with Crippen LogP contribution in [0.3, 0.4) is 0 Å². The van der Waals surface area contributed by atoms with Crippen molar-refractivity contribution in [3.63, 3.8) is 0 Å². The minimum absolute atomic E-state index is 0.292. The third-order valence-corrected chi connectivity index (χ3v) is 2.71. The van der Waals surface area contributed by atoms with Gasteiger partial charge in [-0.3, -0.25) is 4.68 Å². The third kappa shape index (κ3) is 2.65. The van der Waals surface area contributed by atoms with E-state index in [0.717, 1.165) is 17.8 Å². The Bertz CT molecular complexity index is 576. The lowest BCUT2D eigenvalue weighted by molar-refractivity contribution is 0.746. The molecule has 0 unspecified atom stereocenters. The van der Waals surface area contributed by atoms with E-state index in [1.165, 1.54) is 0 Å². The Kier molecular flexibility index (Phi) is 3.57. The second-order valence-electron chi connectivity index (χ2n) is 3.91. The Labute approximate surface area is 111 Å². The Morgan fingerprint density at radius 3 is 2.94 bits per heavy atom. The molecule has 0 atom stereocenters. The number of aromatic nitrogens is 3. The summed E-state index contributed by atoms with van der Waals surface area (Å²) in [6.07, 6.45) is 2.78. The quantitative estimate of drug-likeness (QED) is 0.821. The van der Waals surface area contributed by atoms with E-state index in [1.807, 2.05) is 25.4 Å². The maximum atomic E-state index is 5.56. The average Bonchev–Trinajstić information content (AvgIpc) is 2.69. The van der Waals surface area contributed by atoms with Crippen LogP contribution in [0.1, 0.15) is 18.3 Å². The van der Waals surface area contributed by atoms with Crippen LogP contribution in [0.5, 0.6) is 0 Å². The zero-order valence-electron chi connectivity index (χ0n) is 10.3. The molecule has 0 aliphatic rings. The molecule has 0 amide bonds. The Balaban J connectivity index is 2.28. The van der Waals surface area contributed by atoms with Crippen molar-refractivity contribution in [3.8, 4) is 0 Å². The van der Waals surface area contributed by atoms with Gasteiger partial charge < -0.3 is 11.1 Å². The van der Waals surface area contributed by atoms with Gasteiger partial charge in [-0.05, 0) is 18.6 Å². The predicted octanol–water partition coefficient (Wildman–Crippen LogP) is 1.76. The van der Waals surface area contributed by atoms with Crippen molar-refractivity contribution in [1.29, 1.82) is 0 Å². The molecule has 0 bridgehead atoms. The Morgan fingerprint density at radius 2 is 2.28 bits per heavy atom. The molecule has 2 aromatic rings. The zero-order chi connectivity index (χ0) is 13.1. The summed E-state index contributed by atoms with van der Waals surface area (Å²) in [5, 5.41) is 7.59. The van der Waals surface area contributed by atoms with Crippen LogP contribution in [0.15, 0.2) is 24.4 Å². The highest BCUT2D eigenvalue weighted by atomic mass is 32.1. The monoisotopic (exact) mass is 261 g/mol. The fraction of sp³-hybridized carbons (Fsp3) is 0.250. The van der Waals surface area contributed by atoms with Crippen LogP contribution in [-0.2, 0) is 13.5 Å². The second-order valence-corrected chi connectivity index (χ2v) is 4.35. The standard InChI is InChI=1S/C12H15N5S/c1-3-8-10(7-17(2)16-8)15-11-6-4-5-9(14-11)12(13)18/h4-7H,3H2,1-2H3,(H2,13,18)(H,14,15). The number of aryl methyl sites for hydroxylation is 2. The molecule has 94 valence electrons. The number of thiocarbonyl (C=S) groups is 1. The van der Waals surface area contributed by atoms with E-state index in [2.05, 4.69) is 22.3 Å². The Morgan fingerprint density at radius 1 is 1.50 bits per heavy atom. The topological polar surface area (TPSA) is 68.8 Å². The molecule has 0 saturated carbocycles. The van der Waals surface area contributed by atoms with Gasteiger partial charge in [-0.25, -0.2) is 4.98 Å². The van der Waals surface area contributed by atoms with Gasteiger partial charge in [-0.1, -0.05) is 25.2 Å². The number of nitrogens with two attached hydrogens (primary N) is 1. The highest BCUT2D eigenvalue weighted by Gasteiger charge is 2.07. The molecule has 5 nitrogen and oxygen atoms in total. The summed E-state index contributed by atoms with van der Waals surface area (Å²) < 4.78 is 1.78. The van der Waals surface area contributed by atoms with Gasteiger partial charge in [0, 0.05) is 13.2 Å². The van der Waals surface area contributed by atoms with Crippen LogP contribution in [0, 0.1) is 0 Å². The molecule has 0 spiro atoms. The fourth-order valence-corrected chi connectivity index (χ4v) is 1.79. The number of anilines is 2. The lowest BCUT2D eigenvalue weighted by atomic mass is 10.3. The van der Waals surface area contributed by atoms with Gasteiger partial charge in [-0.15, -0.1) is 0 Å². The average molecular weight is 261 g/mol. The van der Waals surface area contributed by atoms with Gasteiger partial charge in [0.1, 0.15) is 10.8 Å². The summed E-state index contributed by atoms with van der Waals surface area (Å²) in [5.41, 5.74) is 8.12. The highest BCUT2D eigenvalue weighted by molar-refractivity contribution is 7.80. The summed E-state index contributed by atoms with van der Waals surface area (Å²) in [5.74, 6) is 0.711. The van der Waals surface area contributed by atoms with Gasteiger partial charge in [0.2, 0.25) is 0 Å². The zero-order valence-corrected chi connectivity index (χ0v) is 11.2. The first-order valence-electron chi connectivity index (χ1n) is 5.66. The molecule has 0 fully saturated rings. The number of nitrogens with zero attached hydrogens (tertiary/aromatic N) is 3. The van der Waals surface area contributed by atoms with Crippen molar-refractivity contribution in [2.75, 3.05) is 5.32 Å². The number of hydrogen-bond acceptors (Lipinski definition) is 4. The predicted molar refractivity (Wildman–Crippen MR) is 76.0 cm³/mol. The van der Waals surface area contributed by atoms with Crippen molar-refractivity contribution in [2.45, 2.75) is 13.3 Å². The van der Waals surface area contributed by atoms with Gasteiger partial charge in [-0.2, -0.15) is 5.10 Å². The smallest absolute Gasteiger partial charge is 0.131 e. The van der Waals surface area contributed by atoms with Crippen molar-refractivity contribution in [2.24, 2.45) is 12.8 Å². The van der Waals surface area contributed by atoms with Crippen molar-refractivity contribution >= 4 is 28.7 Å². The molecule has 2 aromatic heterocycles. The van der Waals surface area contributed by atoms with Gasteiger partial charge in [0.05, 0.1) is 17.1 Å². The second kappa shape index (κ2) is 5.14. The van der Waals surface area contributed by atoms with E-state index in [9.17, 15) is 0 Å². The van der Waals surface area contributed by atoms with E-state index in [-0.39, 0.29) is 0 Å². The molecule has 0 aliphatic carbocycles. The van der Waals surface area contributed by atoms with E-state index in [1.54, 1.807) is 10.7 Å². The van der Waals surface area contributed by atoms with E-state index < -0.39 is 0 Å². The lowest BCUT2D eigenvalue weighted by Crippen LogP contribution is -2.12. The van der Waals surface area contributed by atoms with Crippen LogP contribution in [0.25, 0.3) is 0 Å². The van der Waals surface area contributed by atoms with Crippen LogP contribution >= 0.6 is 12.2 Å². The first kappa shape index (κ1) is 12.5. The molecule has 0 aromatic carbocycles. The maximum absolute atomic E-state index is 5.56. The van der Waals surface area contributed by atoms with Gasteiger partial charge in [0.25, 0.3) is 0 Å².